The van der Waals surface area contributed by atoms with Crippen LogP contribution in [-0.2, 0) is 10.0 Å². The van der Waals surface area contributed by atoms with Gasteiger partial charge in [-0.1, -0.05) is 23.8 Å². The quantitative estimate of drug-likeness (QED) is 0.246. The first-order valence-electron chi connectivity index (χ1n) is 13.6. The summed E-state index contributed by atoms with van der Waals surface area (Å²) in [6.07, 6.45) is 3.50. The van der Waals surface area contributed by atoms with E-state index < -0.39 is 15.8 Å². The van der Waals surface area contributed by atoms with Crippen molar-refractivity contribution in [1.82, 2.24) is 23.7 Å². The average molecular weight is 581 g/mol. The minimum absolute atomic E-state index is 0.0553. The summed E-state index contributed by atoms with van der Waals surface area (Å²) in [5, 5.41) is 4.95. The molecule has 1 aliphatic carbocycles. The van der Waals surface area contributed by atoms with Gasteiger partial charge in [0.2, 0.25) is 5.78 Å². The Morgan fingerprint density at radius 3 is 2.52 bits per heavy atom. The van der Waals surface area contributed by atoms with E-state index >= 15 is 0 Å². The number of aryl methyl sites for hydroxylation is 2. The van der Waals surface area contributed by atoms with Crippen LogP contribution >= 0.6 is 0 Å². The van der Waals surface area contributed by atoms with Crippen molar-refractivity contribution in [3.63, 3.8) is 0 Å². The second-order valence-corrected chi connectivity index (χ2v) is 12.5. The first-order chi connectivity index (χ1) is 20.2. The third-order valence-electron chi connectivity index (χ3n) is 7.81. The lowest BCUT2D eigenvalue weighted by atomic mass is 10.1. The van der Waals surface area contributed by atoms with Crippen LogP contribution in [0.3, 0.4) is 0 Å². The molecule has 3 aromatic carbocycles. The van der Waals surface area contributed by atoms with Gasteiger partial charge < -0.3 is 15.5 Å². The molecule has 3 heterocycles. The summed E-state index contributed by atoms with van der Waals surface area (Å²) in [6, 6.07) is 17.6. The van der Waals surface area contributed by atoms with Gasteiger partial charge >= 0.3 is 0 Å². The number of benzene rings is 3. The number of nitrogens with one attached hydrogen (secondary N) is 1. The standard InChI is InChI=1S/C31H28N6O4S/c1-17-4-10-22(11-5-17)42(39,40)37-27-13-8-20(19-6-7-19)14-23(27)30(41-3)28(37)29(38)24-16-33-36(31(24)32)21-9-12-25-26(15-21)35-18(2)34-25/h4-5,8-16,19H,6-7,32H2,1-3H3,(H,34,35). The van der Waals surface area contributed by atoms with Crippen molar-refractivity contribution in [2.45, 2.75) is 37.5 Å². The van der Waals surface area contributed by atoms with Crippen molar-refractivity contribution in [3.05, 3.63) is 95.1 Å². The van der Waals surface area contributed by atoms with E-state index in [-0.39, 0.29) is 27.7 Å². The van der Waals surface area contributed by atoms with E-state index in [2.05, 4.69) is 15.1 Å². The fourth-order valence-corrected chi connectivity index (χ4v) is 7.03. The Bertz CT molecular complexity index is 2150. The molecule has 0 atom stereocenters. The maximum Gasteiger partial charge on any atom is 0.268 e. The molecule has 0 radical (unpaired) electrons. The molecule has 1 saturated carbocycles. The first kappa shape index (κ1) is 26.0. The highest BCUT2D eigenvalue weighted by Gasteiger charge is 2.35. The molecule has 3 aromatic heterocycles. The van der Waals surface area contributed by atoms with Gasteiger partial charge in [-0.3, -0.25) is 4.79 Å². The minimum atomic E-state index is -4.22. The van der Waals surface area contributed by atoms with Crippen LogP contribution in [0.2, 0.25) is 0 Å². The van der Waals surface area contributed by atoms with Gasteiger partial charge in [-0.2, -0.15) is 5.10 Å². The minimum Gasteiger partial charge on any atom is -0.494 e. The van der Waals surface area contributed by atoms with Crippen LogP contribution < -0.4 is 10.5 Å². The van der Waals surface area contributed by atoms with E-state index in [0.29, 0.717) is 22.5 Å². The number of aromatic nitrogens is 5. The number of ether oxygens (including phenoxy) is 1. The lowest BCUT2D eigenvalue weighted by Crippen LogP contribution is -2.20. The molecule has 7 rings (SSSR count). The molecule has 0 amide bonds. The molecular formula is C31H28N6O4S. The van der Waals surface area contributed by atoms with Crippen molar-refractivity contribution < 1.29 is 17.9 Å². The van der Waals surface area contributed by atoms with Gasteiger partial charge in [0, 0.05) is 5.39 Å². The summed E-state index contributed by atoms with van der Waals surface area (Å²) in [6.45, 7) is 3.74. The number of carbonyl (C=O) groups is 1. The molecule has 0 spiro atoms. The van der Waals surface area contributed by atoms with Gasteiger partial charge in [-0.15, -0.1) is 0 Å². The normalized spacial score (nSPS) is 13.7. The Hall–Kier alpha value is -4.90. The monoisotopic (exact) mass is 580 g/mol. The highest BCUT2D eigenvalue weighted by atomic mass is 32.2. The van der Waals surface area contributed by atoms with Crippen LogP contribution in [-0.4, -0.2) is 45.0 Å². The van der Waals surface area contributed by atoms with E-state index in [9.17, 15) is 13.2 Å². The number of nitrogens with zero attached hydrogens (tertiary/aromatic N) is 4. The Morgan fingerprint density at radius 1 is 1.05 bits per heavy atom. The van der Waals surface area contributed by atoms with Crippen molar-refractivity contribution in [1.29, 1.82) is 0 Å². The maximum atomic E-state index is 14.3. The number of methoxy groups -OCH3 is 1. The molecule has 0 aliphatic heterocycles. The smallest absolute Gasteiger partial charge is 0.268 e. The summed E-state index contributed by atoms with van der Waals surface area (Å²) in [5.74, 6) is 0.815. The summed E-state index contributed by atoms with van der Waals surface area (Å²) in [4.78, 5) is 22.0. The van der Waals surface area contributed by atoms with Crippen LogP contribution in [0.25, 0.3) is 27.6 Å². The first-order valence-corrected chi connectivity index (χ1v) is 15.0. The number of nitrogens with two attached hydrogens (primary N) is 1. The van der Waals surface area contributed by atoms with Gasteiger partial charge in [0.05, 0.1) is 46.0 Å². The zero-order chi connectivity index (χ0) is 29.3. The van der Waals surface area contributed by atoms with Crippen LogP contribution in [0.1, 0.15) is 51.8 Å². The molecule has 42 heavy (non-hydrogen) atoms. The predicted octanol–water partition coefficient (Wildman–Crippen LogP) is 5.26. The number of H-pyrrole nitrogens is 1. The summed E-state index contributed by atoms with van der Waals surface area (Å²) in [7, 11) is -2.78. The molecule has 212 valence electrons. The number of nitrogen functional groups attached to an aromatic ring is 1. The Balaban J connectivity index is 1.43. The number of imidazole rings is 1. The molecular weight excluding hydrogens is 552 g/mol. The third-order valence-corrected chi connectivity index (χ3v) is 9.54. The van der Waals surface area contributed by atoms with E-state index in [0.717, 1.165) is 44.8 Å². The van der Waals surface area contributed by atoms with Gasteiger partial charge in [-0.05, 0) is 80.6 Å². The number of carbonyl (C=O) groups excluding carboxylic acids is 1. The van der Waals surface area contributed by atoms with Crippen LogP contribution in [0.5, 0.6) is 5.75 Å². The topological polar surface area (TPSA) is 138 Å². The highest BCUT2D eigenvalue weighted by molar-refractivity contribution is 7.90. The van der Waals surface area contributed by atoms with E-state index in [4.69, 9.17) is 10.5 Å². The molecule has 0 saturated heterocycles. The Labute approximate surface area is 241 Å². The van der Waals surface area contributed by atoms with Gasteiger partial charge in [0.1, 0.15) is 17.3 Å². The number of hydrogen-bond acceptors (Lipinski definition) is 7. The maximum absolute atomic E-state index is 14.3. The average Bonchev–Trinajstić information content (AvgIpc) is 3.52. The number of rotatable bonds is 7. The molecule has 3 N–H and O–H groups in total. The largest absolute Gasteiger partial charge is 0.494 e. The molecule has 0 bridgehead atoms. The molecule has 6 aromatic rings. The van der Waals surface area contributed by atoms with Gasteiger partial charge in [-0.25, -0.2) is 22.1 Å². The fraction of sp³-hybridized carbons (Fsp3) is 0.194. The number of aromatic amines is 1. The van der Waals surface area contributed by atoms with Crippen LogP contribution in [0.4, 0.5) is 5.82 Å². The van der Waals surface area contributed by atoms with E-state index in [1.807, 2.05) is 38.1 Å². The summed E-state index contributed by atoms with van der Waals surface area (Å²) in [5.41, 5.74) is 11.0. The molecule has 1 fully saturated rings. The molecule has 11 heteroatoms. The molecule has 0 unspecified atom stereocenters. The highest BCUT2D eigenvalue weighted by Crippen LogP contribution is 2.44. The zero-order valence-electron chi connectivity index (χ0n) is 23.2. The van der Waals surface area contributed by atoms with E-state index in [1.54, 1.807) is 24.3 Å². The van der Waals surface area contributed by atoms with Gasteiger partial charge in [0.25, 0.3) is 10.0 Å². The fourth-order valence-electron chi connectivity index (χ4n) is 5.51. The van der Waals surface area contributed by atoms with Crippen molar-refractivity contribution in [3.8, 4) is 11.4 Å². The second kappa shape index (κ2) is 9.31. The Morgan fingerprint density at radius 2 is 1.81 bits per heavy atom. The number of ketones is 1. The number of fused-ring (bicyclic) bond motifs is 2. The lowest BCUT2D eigenvalue weighted by Gasteiger charge is -2.12. The Kier molecular flexibility index (Phi) is 5.77. The predicted molar refractivity (Wildman–Crippen MR) is 160 cm³/mol. The van der Waals surface area contributed by atoms with Crippen molar-refractivity contribution >= 4 is 43.6 Å². The lowest BCUT2D eigenvalue weighted by molar-refractivity contribution is 0.103. The third kappa shape index (κ3) is 3.99. The summed E-state index contributed by atoms with van der Waals surface area (Å²) < 4.78 is 36.7. The van der Waals surface area contributed by atoms with Crippen molar-refractivity contribution in [2.24, 2.45) is 0 Å². The van der Waals surface area contributed by atoms with Gasteiger partial charge in [0.15, 0.2) is 5.75 Å². The molecule has 1 aliphatic rings. The second-order valence-electron chi connectivity index (χ2n) is 10.7. The number of anilines is 1. The molecule has 10 nitrogen and oxygen atoms in total. The van der Waals surface area contributed by atoms with E-state index in [1.165, 1.54) is 30.1 Å². The van der Waals surface area contributed by atoms with Crippen molar-refractivity contribution in [2.75, 3.05) is 12.8 Å². The number of hydrogen-bond donors (Lipinski definition) is 2. The van der Waals surface area contributed by atoms with Crippen LogP contribution in [0, 0.1) is 13.8 Å². The summed E-state index contributed by atoms with van der Waals surface area (Å²) >= 11 is 0. The van der Waals surface area contributed by atoms with Crippen LogP contribution in [0.15, 0.2) is 71.8 Å². The zero-order valence-corrected chi connectivity index (χ0v) is 24.1. The SMILES string of the molecule is COc1c(C(=O)c2cnn(-c3ccc4nc(C)[nH]c4c3)c2N)n(S(=O)(=O)c2ccc(C)cc2)c2ccc(C3CC3)cc12.